The van der Waals surface area contributed by atoms with E-state index in [1.54, 1.807) is 6.07 Å². The second-order valence-corrected chi connectivity index (χ2v) is 10.1. The van der Waals surface area contributed by atoms with Crippen molar-refractivity contribution in [2.24, 2.45) is 0 Å². The Morgan fingerprint density at radius 3 is 2.51 bits per heavy atom. The number of benzene rings is 3. The van der Waals surface area contributed by atoms with Gasteiger partial charge in [-0.2, -0.15) is 5.26 Å². The zero-order valence-corrected chi connectivity index (χ0v) is 21.2. The number of thioether (sulfide) groups is 1. The second kappa shape index (κ2) is 10.4. The van der Waals surface area contributed by atoms with Crippen LogP contribution < -0.4 is 10.2 Å². The average Bonchev–Trinajstić information content (AvgIpc) is 3.12. The van der Waals surface area contributed by atoms with Gasteiger partial charge in [-0.25, -0.2) is 0 Å². The van der Waals surface area contributed by atoms with E-state index >= 15 is 0 Å². The number of anilines is 2. The number of carbonyl (C=O) groups excluding carboxylic acids is 2. The third-order valence-electron chi connectivity index (χ3n) is 5.80. The molecule has 1 saturated heterocycles. The van der Waals surface area contributed by atoms with Crippen molar-refractivity contribution in [3.05, 3.63) is 105 Å². The van der Waals surface area contributed by atoms with Crippen molar-refractivity contribution in [3.8, 4) is 6.07 Å². The summed E-state index contributed by atoms with van der Waals surface area (Å²) in [5.74, 6) is -0.724. The van der Waals surface area contributed by atoms with Crippen LogP contribution in [0.3, 0.4) is 0 Å². The van der Waals surface area contributed by atoms with Crippen LogP contribution in [0.4, 0.5) is 11.4 Å². The van der Waals surface area contributed by atoms with Crippen LogP contribution in [-0.4, -0.2) is 17.1 Å². The smallest absolute Gasteiger partial charge is 0.269 e. The molecule has 0 aliphatic carbocycles. The molecule has 0 radical (unpaired) electrons. The van der Waals surface area contributed by atoms with Crippen LogP contribution in [0.1, 0.15) is 22.3 Å². The Morgan fingerprint density at radius 1 is 1.06 bits per heavy atom. The quantitative estimate of drug-likeness (QED) is 0.327. The summed E-state index contributed by atoms with van der Waals surface area (Å²) in [6.45, 7) is 5.75. The summed E-state index contributed by atoms with van der Waals surface area (Å²) >= 11 is 7.54. The van der Waals surface area contributed by atoms with Gasteiger partial charge in [-0.05, 0) is 73.7 Å². The van der Waals surface area contributed by atoms with E-state index in [0.717, 1.165) is 22.3 Å². The number of halogens is 1. The maximum Gasteiger partial charge on any atom is 0.269 e. The van der Waals surface area contributed by atoms with Crippen molar-refractivity contribution in [1.29, 1.82) is 5.26 Å². The Kier molecular flexibility index (Phi) is 7.30. The molecule has 0 spiro atoms. The zero-order valence-electron chi connectivity index (χ0n) is 19.6. The Balaban J connectivity index is 1.75. The minimum absolute atomic E-state index is 0.0995. The van der Waals surface area contributed by atoms with Gasteiger partial charge in [-0.1, -0.05) is 65.8 Å². The molecule has 1 aliphatic heterocycles. The molecule has 1 N–H and O–H groups in total. The third-order valence-corrected chi connectivity index (χ3v) is 7.47. The minimum atomic E-state index is -0.550. The molecule has 0 unspecified atom stereocenters. The molecular formula is C28H24ClN3O2S. The molecule has 3 aromatic rings. The van der Waals surface area contributed by atoms with E-state index in [1.165, 1.54) is 16.7 Å². The maximum atomic E-state index is 13.7. The van der Waals surface area contributed by atoms with Crippen LogP contribution in [0, 0.1) is 32.1 Å². The number of nitrogens with one attached hydrogen (secondary N) is 1. The highest BCUT2D eigenvalue weighted by atomic mass is 35.5. The van der Waals surface area contributed by atoms with Crippen molar-refractivity contribution in [3.63, 3.8) is 0 Å². The van der Waals surface area contributed by atoms with Gasteiger partial charge < -0.3 is 5.32 Å². The van der Waals surface area contributed by atoms with Crippen molar-refractivity contribution in [1.82, 2.24) is 0 Å². The summed E-state index contributed by atoms with van der Waals surface area (Å²) in [7, 11) is 0. The van der Waals surface area contributed by atoms with Gasteiger partial charge >= 0.3 is 0 Å². The van der Waals surface area contributed by atoms with Gasteiger partial charge in [0.2, 0.25) is 5.91 Å². The summed E-state index contributed by atoms with van der Waals surface area (Å²) in [6.07, 6.45) is 0.424. The van der Waals surface area contributed by atoms with Crippen LogP contribution in [-0.2, 0) is 16.0 Å². The van der Waals surface area contributed by atoms with E-state index in [-0.39, 0.29) is 11.5 Å². The van der Waals surface area contributed by atoms with Crippen molar-refractivity contribution >= 4 is 46.6 Å². The highest BCUT2D eigenvalue weighted by Gasteiger charge is 2.41. The Morgan fingerprint density at radius 2 is 1.83 bits per heavy atom. The third kappa shape index (κ3) is 5.27. The molecule has 1 fully saturated rings. The lowest BCUT2D eigenvalue weighted by molar-refractivity contribution is -0.117. The number of carbonyl (C=O) groups is 2. The largest absolute Gasteiger partial charge is 0.321 e. The van der Waals surface area contributed by atoms with Gasteiger partial charge in [0.25, 0.3) is 5.91 Å². The van der Waals surface area contributed by atoms with Crippen LogP contribution >= 0.6 is 23.4 Å². The van der Waals surface area contributed by atoms with Crippen LogP contribution in [0.5, 0.6) is 0 Å². The number of rotatable bonds is 5. The molecule has 7 heteroatoms. The highest BCUT2D eigenvalue weighted by Crippen LogP contribution is 2.43. The van der Waals surface area contributed by atoms with E-state index < -0.39 is 11.2 Å². The summed E-state index contributed by atoms with van der Waals surface area (Å²) in [4.78, 5) is 28.4. The second-order valence-electron chi connectivity index (χ2n) is 8.47. The molecule has 176 valence electrons. The van der Waals surface area contributed by atoms with Crippen molar-refractivity contribution < 1.29 is 9.59 Å². The SMILES string of the molecule is Cc1cccc(NC(=O)/C(C#N)=C2\S[C@H](Cc3ccc(C)c(Cl)c3)C(=O)N2c2ccccc2C)c1. The van der Waals surface area contributed by atoms with Crippen molar-refractivity contribution in [2.75, 3.05) is 10.2 Å². The van der Waals surface area contributed by atoms with Gasteiger partial charge in [-0.15, -0.1) is 0 Å². The highest BCUT2D eigenvalue weighted by molar-refractivity contribution is 8.05. The molecule has 5 nitrogen and oxygen atoms in total. The standard InChI is InChI=1S/C28H24ClN3O2S/c1-17-7-6-9-21(13-17)31-26(33)22(16-30)28-32(24-10-5-4-8-19(24)3)27(34)25(35-28)15-20-12-11-18(2)23(29)14-20/h4-14,25H,15H2,1-3H3,(H,31,33)/b28-22-/t25-/m1/s1. The predicted molar refractivity (Wildman–Crippen MR) is 142 cm³/mol. The number of aryl methyl sites for hydroxylation is 3. The number of nitrogens with zero attached hydrogens (tertiary/aromatic N) is 2. The molecular weight excluding hydrogens is 478 g/mol. The first-order valence-electron chi connectivity index (χ1n) is 11.1. The van der Waals surface area contributed by atoms with Crippen LogP contribution in [0.25, 0.3) is 0 Å². The van der Waals surface area contributed by atoms with E-state index in [4.69, 9.17) is 11.6 Å². The van der Waals surface area contributed by atoms with E-state index in [2.05, 4.69) is 11.4 Å². The zero-order chi connectivity index (χ0) is 25.1. The molecule has 3 aromatic carbocycles. The Bertz CT molecular complexity index is 1390. The molecule has 35 heavy (non-hydrogen) atoms. The molecule has 4 rings (SSSR count). The monoisotopic (exact) mass is 501 g/mol. The molecule has 1 atom stereocenters. The van der Waals surface area contributed by atoms with Crippen LogP contribution in [0.15, 0.2) is 77.3 Å². The van der Waals surface area contributed by atoms with Gasteiger partial charge in [0, 0.05) is 10.7 Å². The number of para-hydroxylation sites is 1. The van der Waals surface area contributed by atoms with E-state index in [0.29, 0.717) is 27.8 Å². The first-order chi connectivity index (χ1) is 16.8. The molecule has 0 bridgehead atoms. The maximum absolute atomic E-state index is 13.7. The average molecular weight is 502 g/mol. The number of nitriles is 1. The first-order valence-corrected chi connectivity index (χ1v) is 12.4. The molecule has 1 aliphatic rings. The van der Waals surface area contributed by atoms with Gasteiger partial charge in [0.05, 0.1) is 10.9 Å². The van der Waals surface area contributed by atoms with Gasteiger partial charge in [0.1, 0.15) is 16.7 Å². The predicted octanol–water partition coefficient (Wildman–Crippen LogP) is 6.33. The molecule has 0 aromatic heterocycles. The van der Waals surface area contributed by atoms with Gasteiger partial charge in [0.15, 0.2) is 0 Å². The Labute approximate surface area is 214 Å². The number of hydrogen-bond acceptors (Lipinski definition) is 4. The fourth-order valence-electron chi connectivity index (χ4n) is 3.91. The van der Waals surface area contributed by atoms with Crippen LogP contribution in [0.2, 0.25) is 5.02 Å². The summed E-state index contributed by atoms with van der Waals surface area (Å²) in [5.41, 5.74) is 4.87. The fourth-order valence-corrected chi connectivity index (χ4v) is 5.42. The lowest BCUT2D eigenvalue weighted by atomic mass is 10.1. The van der Waals surface area contributed by atoms with E-state index in [1.807, 2.05) is 81.4 Å². The lowest BCUT2D eigenvalue weighted by Crippen LogP contribution is -2.31. The minimum Gasteiger partial charge on any atom is -0.321 e. The van der Waals surface area contributed by atoms with E-state index in [9.17, 15) is 14.9 Å². The molecule has 1 heterocycles. The first kappa shape index (κ1) is 24.6. The molecule has 2 amide bonds. The summed E-state index contributed by atoms with van der Waals surface area (Å²) in [6, 6.07) is 22.6. The van der Waals surface area contributed by atoms with Crippen molar-refractivity contribution in [2.45, 2.75) is 32.4 Å². The summed E-state index contributed by atoms with van der Waals surface area (Å²) < 4.78 is 0. The lowest BCUT2D eigenvalue weighted by Gasteiger charge is -2.20. The summed E-state index contributed by atoms with van der Waals surface area (Å²) in [5, 5.41) is 13.3. The number of amides is 2. The fraction of sp³-hybridized carbons (Fsp3) is 0.179. The van der Waals surface area contributed by atoms with Gasteiger partial charge in [-0.3, -0.25) is 14.5 Å². The normalized spacial score (nSPS) is 16.7. The number of hydrogen-bond donors (Lipinski definition) is 1. The topological polar surface area (TPSA) is 73.2 Å². The molecule has 0 saturated carbocycles. The Hall–Kier alpha value is -3.53.